The summed E-state index contributed by atoms with van der Waals surface area (Å²) < 4.78 is 16.2. The van der Waals surface area contributed by atoms with Crippen molar-refractivity contribution in [2.45, 2.75) is 232 Å². The van der Waals surface area contributed by atoms with Gasteiger partial charge in [-0.15, -0.1) is 0 Å². The third-order valence-corrected chi connectivity index (χ3v) is 9.58. The Morgan fingerprint density at radius 2 is 0.702 bits per heavy atom. The Kier molecular flexibility index (Phi) is 37.5. The molecule has 3 atom stereocenters. The molecule has 0 fully saturated rings. The molecule has 0 amide bonds. The molecule has 0 aliphatic rings. The Morgan fingerprint density at radius 3 is 0.957 bits per heavy atom. The van der Waals surface area contributed by atoms with E-state index in [1.807, 2.05) is 0 Å². The summed E-state index contributed by atoms with van der Waals surface area (Å²) in [5, 5.41) is 9.87. The van der Waals surface area contributed by atoms with Crippen LogP contribution in [-0.2, 0) is 23.6 Å². The molecule has 0 bridgehead atoms. The number of rotatable bonds is 38. The van der Waals surface area contributed by atoms with Gasteiger partial charge in [-0.1, -0.05) is 194 Å². The van der Waals surface area contributed by atoms with Gasteiger partial charge >= 0.3 is 11.9 Å². The van der Waals surface area contributed by atoms with Crippen molar-refractivity contribution in [2.75, 3.05) is 13.2 Å². The van der Waals surface area contributed by atoms with Crippen LogP contribution in [0.15, 0.2) is 0 Å². The van der Waals surface area contributed by atoms with Gasteiger partial charge in [0.25, 0.3) is 0 Å². The maximum absolute atomic E-state index is 12.5. The van der Waals surface area contributed by atoms with Gasteiger partial charge in [0.15, 0.2) is 12.2 Å². The van der Waals surface area contributed by atoms with E-state index in [0.717, 1.165) is 38.5 Å². The van der Waals surface area contributed by atoms with Crippen LogP contribution in [0.4, 0.5) is 0 Å². The number of ether oxygens (including phenoxy) is 2. The zero-order valence-corrected chi connectivity index (χ0v) is 32.4. The summed E-state index contributed by atoms with van der Waals surface area (Å²) in [5.41, 5.74) is 0. The fraction of sp³-hybridized carbons (Fsp3) is 0.950. The highest BCUT2D eigenvalue weighted by molar-refractivity contribution is 7.09. The number of carbonyl (C=O) groups is 2. The van der Waals surface area contributed by atoms with E-state index in [-0.39, 0.29) is 18.5 Å². The van der Waals surface area contributed by atoms with Crippen LogP contribution in [-0.4, -0.2) is 42.5 Å². The summed E-state index contributed by atoms with van der Waals surface area (Å²) in [7, 11) is 2.14. The molecular weight excluding hydrogens is 607 g/mol. The SMILES string of the molecule is CCCCCCCCCCCCCCCCCC(=O)OC(CO)C(COP)OC(=O)CCCCCCCCCCCCCCCCC. The second kappa shape index (κ2) is 38.1. The van der Waals surface area contributed by atoms with Crippen LogP contribution in [0.1, 0.15) is 219 Å². The van der Waals surface area contributed by atoms with E-state index in [1.54, 1.807) is 0 Å². The van der Waals surface area contributed by atoms with E-state index in [4.69, 9.17) is 14.0 Å². The highest BCUT2D eigenvalue weighted by Crippen LogP contribution is 2.17. The van der Waals surface area contributed by atoms with Crippen LogP contribution in [0.5, 0.6) is 0 Å². The van der Waals surface area contributed by atoms with Gasteiger partial charge in [0, 0.05) is 22.3 Å². The van der Waals surface area contributed by atoms with Crippen LogP contribution in [0.25, 0.3) is 0 Å². The molecule has 0 spiro atoms. The monoisotopic (exact) mass is 687 g/mol. The van der Waals surface area contributed by atoms with Crippen molar-refractivity contribution in [2.24, 2.45) is 0 Å². The van der Waals surface area contributed by atoms with Crippen LogP contribution in [0.3, 0.4) is 0 Å². The number of carbonyl (C=O) groups excluding carboxylic acids is 2. The number of aliphatic hydroxyl groups excluding tert-OH is 1. The minimum atomic E-state index is -0.913. The van der Waals surface area contributed by atoms with Crippen LogP contribution in [0, 0.1) is 0 Å². The topological polar surface area (TPSA) is 82.1 Å². The Morgan fingerprint density at radius 1 is 0.447 bits per heavy atom. The molecule has 0 saturated carbocycles. The first-order valence-electron chi connectivity index (χ1n) is 20.4. The third-order valence-electron chi connectivity index (χ3n) is 9.39. The van der Waals surface area contributed by atoms with Gasteiger partial charge in [-0.05, 0) is 12.8 Å². The Hall–Kier alpha value is -0.710. The van der Waals surface area contributed by atoms with E-state index in [2.05, 4.69) is 23.3 Å². The summed E-state index contributed by atoms with van der Waals surface area (Å²) in [4.78, 5) is 24.9. The summed E-state index contributed by atoms with van der Waals surface area (Å²) in [6.45, 7) is 4.18. The van der Waals surface area contributed by atoms with Crippen LogP contribution >= 0.6 is 9.47 Å². The predicted molar refractivity (Wildman–Crippen MR) is 202 cm³/mol. The molecule has 7 heteroatoms. The van der Waals surface area contributed by atoms with Crippen molar-refractivity contribution in [1.82, 2.24) is 0 Å². The zero-order valence-electron chi connectivity index (χ0n) is 31.3. The lowest BCUT2D eigenvalue weighted by molar-refractivity contribution is -0.173. The normalized spacial score (nSPS) is 12.7. The van der Waals surface area contributed by atoms with E-state index < -0.39 is 18.8 Å². The standard InChI is InChI=1S/C40H79O6P/c1-3-5-7-9-11-13-15-17-19-21-23-25-27-29-31-33-39(42)45-37(35-41)38(36-44-47)46-40(43)34-32-30-28-26-24-22-20-18-16-14-12-10-8-6-4-2/h37-38,41H,3-36,47H2,1-2H3. The molecule has 0 aliphatic carbocycles. The van der Waals surface area contributed by atoms with Gasteiger partial charge in [-0.2, -0.15) is 0 Å². The van der Waals surface area contributed by atoms with Gasteiger partial charge in [0.2, 0.25) is 0 Å². The summed E-state index contributed by atoms with van der Waals surface area (Å²) in [6.07, 6.45) is 37.2. The molecular formula is C40H79O6P. The number of hydrogen-bond acceptors (Lipinski definition) is 6. The van der Waals surface area contributed by atoms with Gasteiger partial charge in [0.1, 0.15) is 0 Å². The largest absolute Gasteiger partial charge is 0.456 e. The third kappa shape index (κ3) is 33.6. The van der Waals surface area contributed by atoms with Crippen molar-refractivity contribution in [1.29, 1.82) is 0 Å². The average Bonchev–Trinajstić information content (AvgIpc) is 3.07. The summed E-state index contributed by atoms with van der Waals surface area (Å²) in [5.74, 6) is -0.686. The Bertz CT molecular complexity index is 661. The minimum absolute atomic E-state index is 0.0483. The molecule has 0 aliphatic heterocycles. The van der Waals surface area contributed by atoms with Crippen LogP contribution < -0.4 is 0 Å². The van der Waals surface area contributed by atoms with Gasteiger partial charge in [-0.25, -0.2) is 0 Å². The lowest BCUT2D eigenvalue weighted by atomic mass is 10.0. The first kappa shape index (κ1) is 46.3. The fourth-order valence-electron chi connectivity index (χ4n) is 6.28. The second-order valence-corrected chi connectivity index (χ2v) is 14.3. The molecule has 0 rings (SSSR count). The summed E-state index contributed by atoms with van der Waals surface area (Å²) >= 11 is 0. The number of esters is 2. The van der Waals surface area contributed by atoms with E-state index in [1.165, 1.54) is 154 Å². The molecule has 47 heavy (non-hydrogen) atoms. The zero-order chi connectivity index (χ0) is 34.5. The maximum atomic E-state index is 12.5. The lowest BCUT2D eigenvalue weighted by Gasteiger charge is -2.25. The molecule has 1 N–H and O–H groups in total. The van der Waals surface area contributed by atoms with E-state index >= 15 is 0 Å². The molecule has 0 aromatic rings. The molecule has 3 unspecified atom stereocenters. The van der Waals surface area contributed by atoms with Gasteiger partial charge < -0.3 is 19.1 Å². The highest BCUT2D eigenvalue weighted by atomic mass is 31.0. The van der Waals surface area contributed by atoms with Gasteiger partial charge in [0.05, 0.1) is 13.2 Å². The quantitative estimate of drug-likeness (QED) is 0.0395. The maximum Gasteiger partial charge on any atom is 0.306 e. The van der Waals surface area contributed by atoms with Crippen molar-refractivity contribution < 1.29 is 28.7 Å². The van der Waals surface area contributed by atoms with Gasteiger partial charge in [-0.3, -0.25) is 9.59 Å². The Labute approximate surface area is 294 Å². The van der Waals surface area contributed by atoms with Crippen molar-refractivity contribution >= 4 is 21.4 Å². The lowest BCUT2D eigenvalue weighted by Crippen LogP contribution is -2.40. The van der Waals surface area contributed by atoms with E-state index in [0.29, 0.717) is 12.8 Å². The van der Waals surface area contributed by atoms with Crippen molar-refractivity contribution in [3.05, 3.63) is 0 Å². The molecule has 0 aromatic carbocycles. The minimum Gasteiger partial charge on any atom is -0.456 e. The first-order valence-corrected chi connectivity index (χ1v) is 20.9. The van der Waals surface area contributed by atoms with Crippen molar-refractivity contribution in [3.8, 4) is 0 Å². The average molecular weight is 687 g/mol. The molecule has 0 saturated heterocycles. The highest BCUT2D eigenvalue weighted by Gasteiger charge is 2.28. The molecule has 280 valence electrons. The number of aliphatic hydroxyl groups is 1. The number of unbranched alkanes of at least 4 members (excludes halogenated alkanes) is 28. The molecule has 6 nitrogen and oxygen atoms in total. The van der Waals surface area contributed by atoms with Crippen LogP contribution in [0.2, 0.25) is 0 Å². The Balaban J connectivity index is 3.84. The smallest absolute Gasteiger partial charge is 0.306 e. The molecule has 0 aromatic heterocycles. The fourth-order valence-corrected chi connectivity index (χ4v) is 6.47. The molecule has 0 heterocycles. The number of hydrogen-bond donors (Lipinski definition) is 1. The first-order chi connectivity index (χ1) is 23.1. The van der Waals surface area contributed by atoms with E-state index in [9.17, 15) is 14.7 Å². The summed E-state index contributed by atoms with van der Waals surface area (Å²) in [6, 6.07) is 0. The predicted octanol–water partition coefficient (Wildman–Crippen LogP) is 12.1. The molecule has 0 radical (unpaired) electrons. The second-order valence-electron chi connectivity index (χ2n) is 14.0. The van der Waals surface area contributed by atoms with Crippen molar-refractivity contribution in [3.63, 3.8) is 0 Å².